The summed E-state index contributed by atoms with van der Waals surface area (Å²) >= 11 is 0. The Kier molecular flexibility index (Phi) is 9.23. The topological polar surface area (TPSA) is 136 Å². The van der Waals surface area contributed by atoms with Gasteiger partial charge in [-0.25, -0.2) is 14.8 Å². The van der Waals surface area contributed by atoms with Crippen molar-refractivity contribution in [1.82, 2.24) is 20.2 Å². The molecule has 0 spiro atoms. The molecule has 4 N–H and O–H groups in total. The summed E-state index contributed by atoms with van der Waals surface area (Å²) in [7, 11) is 5.26. The highest BCUT2D eigenvalue weighted by molar-refractivity contribution is 6.00. The van der Waals surface area contributed by atoms with E-state index < -0.39 is 6.03 Å². The van der Waals surface area contributed by atoms with Crippen LogP contribution in [0.5, 0.6) is 0 Å². The Morgan fingerprint density at radius 3 is 2.23 bits per heavy atom. The van der Waals surface area contributed by atoms with E-state index in [9.17, 15) is 9.59 Å². The maximum absolute atomic E-state index is 12.6. The van der Waals surface area contributed by atoms with Crippen LogP contribution in [-0.4, -0.2) is 87.0 Å². The smallest absolute Gasteiger partial charge is 0.323 e. The lowest BCUT2D eigenvalue weighted by Gasteiger charge is -2.29. The standard InChI is InChI=1S/C32H36N8O3/c1-34-20-24(19-33)23-8-13-27-28(18-23)37-29(38-30(27)40-14-16-43-17-15-40)21-4-9-25(10-5-21)35-32(42)36-26-11-6-22(7-12-26)31(41)39(2)3/h4-13,18-19,24,33-34H,14-17,20H2,1-3H3,(H2,35,36,42). The van der Waals surface area contributed by atoms with Gasteiger partial charge in [0, 0.05) is 73.8 Å². The Balaban J connectivity index is 1.37. The van der Waals surface area contributed by atoms with Crippen molar-refractivity contribution in [3.8, 4) is 11.4 Å². The third-order valence-corrected chi connectivity index (χ3v) is 7.26. The second-order valence-electron chi connectivity index (χ2n) is 10.5. The second kappa shape index (κ2) is 13.4. The first kappa shape index (κ1) is 29.6. The predicted octanol–water partition coefficient (Wildman–Crippen LogP) is 4.43. The average Bonchev–Trinajstić information content (AvgIpc) is 3.03. The number of hydrogen-bond acceptors (Lipinski definition) is 8. The molecule has 1 aliphatic heterocycles. The van der Waals surface area contributed by atoms with E-state index in [1.165, 1.54) is 11.1 Å². The van der Waals surface area contributed by atoms with Gasteiger partial charge in [0.05, 0.1) is 18.7 Å². The number of fused-ring (bicyclic) bond motifs is 1. The van der Waals surface area contributed by atoms with Crippen molar-refractivity contribution in [3.05, 3.63) is 77.9 Å². The Morgan fingerprint density at radius 2 is 1.63 bits per heavy atom. The number of benzene rings is 3. The summed E-state index contributed by atoms with van der Waals surface area (Å²) < 4.78 is 5.57. The van der Waals surface area contributed by atoms with Gasteiger partial charge in [-0.05, 0) is 73.3 Å². The molecule has 43 heavy (non-hydrogen) atoms. The minimum atomic E-state index is -0.397. The fourth-order valence-corrected chi connectivity index (χ4v) is 4.95. The highest BCUT2D eigenvalue weighted by Gasteiger charge is 2.19. The van der Waals surface area contributed by atoms with Crippen LogP contribution in [-0.2, 0) is 4.74 Å². The maximum Gasteiger partial charge on any atom is 0.323 e. The number of carbonyl (C=O) groups excluding carboxylic acids is 2. The molecule has 222 valence electrons. The number of likely N-dealkylation sites (N-methyl/N-ethyl adjacent to an activating group) is 1. The molecule has 0 bridgehead atoms. The van der Waals surface area contributed by atoms with Gasteiger partial charge in [-0.15, -0.1) is 0 Å². The van der Waals surface area contributed by atoms with Gasteiger partial charge >= 0.3 is 6.03 Å². The molecule has 1 aliphatic rings. The van der Waals surface area contributed by atoms with E-state index in [4.69, 9.17) is 20.1 Å². The summed E-state index contributed by atoms with van der Waals surface area (Å²) in [5, 5.41) is 17.6. The van der Waals surface area contributed by atoms with Crippen LogP contribution < -0.4 is 20.9 Å². The van der Waals surface area contributed by atoms with Gasteiger partial charge < -0.3 is 35.9 Å². The molecule has 1 unspecified atom stereocenters. The molecule has 1 saturated heterocycles. The molecule has 0 radical (unpaired) electrons. The summed E-state index contributed by atoms with van der Waals surface area (Å²) in [6, 6.07) is 19.9. The van der Waals surface area contributed by atoms with Crippen molar-refractivity contribution in [2.45, 2.75) is 5.92 Å². The number of hydrogen-bond donors (Lipinski definition) is 4. The molecule has 1 aromatic heterocycles. The molecule has 11 nitrogen and oxygen atoms in total. The van der Waals surface area contributed by atoms with Crippen molar-refractivity contribution in [2.75, 3.05) is 69.5 Å². The van der Waals surface area contributed by atoms with Crippen molar-refractivity contribution in [1.29, 1.82) is 5.41 Å². The van der Waals surface area contributed by atoms with E-state index in [1.54, 1.807) is 38.4 Å². The van der Waals surface area contributed by atoms with Crippen LogP contribution in [0.15, 0.2) is 66.7 Å². The molecule has 5 rings (SSSR count). The SMILES string of the molecule is CNCC(C=N)c1ccc2c(N3CCOCC3)nc(-c3ccc(NC(=O)Nc4ccc(C(=O)N(C)C)cc4)cc3)nc2c1. The Labute approximate surface area is 250 Å². The molecule has 11 heteroatoms. The number of anilines is 3. The lowest BCUT2D eigenvalue weighted by atomic mass is 9.98. The van der Waals surface area contributed by atoms with E-state index >= 15 is 0 Å². The van der Waals surface area contributed by atoms with Gasteiger partial charge in [-0.2, -0.15) is 0 Å². The maximum atomic E-state index is 12.6. The highest BCUT2D eigenvalue weighted by Crippen LogP contribution is 2.31. The molecule has 1 fully saturated rings. The van der Waals surface area contributed by atoms with E-state index in [0.29, 0.717) is 42.5 Å². The van der Waals surface area contributed by atoms with Gasteiger partial charge in [0.25, 0.3) is 5.91 Å². The van der Waals surface area contributed by atoms with Crippen molar-refractivity contribution in [2.24, 2.45) is 0 Å². The van der Waals surface area contributed by atoms with Crippen LogP contribution >= 0.6 is 0 Å². The molecule has 2 heterocycles. The largest absolute Gasteiger partial charge is 0.378 e. The second-order valence-corrected chi connectivity index (χ2v) is 10.5. The van der Waals surface area contributed by atoms with E-state index in [1.807, 2.05) is 49.5 Å². The first-order valence-electron chi connectivity index (χ1n) is 14.2. The van der Waals surface area contributed by atoms with Crippen molar-refractivity contribution >= 4 is 46.2 Å². The van der Waals surface area contributed by atoms with Crippen LogP contribution in [0.2, 0.25) is 0 Å². The van der Waals surface area contributed by atoms with Crippen LogP contribution in [0.4, 0.5) is 22.0 Å². The van der Waals surface area contributed by atoms with Crippen LogP contribution in [0, 0.1) is 5.41 Å². The minimum absolute atomic E-state index is 0.0605. The van der Waals surface area contributed by atoms with E-state index in [-0.39, 0.29) is 11.8 Å². The Hall–Kier alpha value is -4.87. The third kappa shape index (κ3) is 6.96. The lowest BCUT2D eigenvalue weighted by Crippen LogP contribution is -2.37. The predicted molar refractivity (Wildman–Crippen MR) is 171 cm³/mol. The molecule has 3 amide bonds. The number of urea groups is 1. The molecule has 0 aliphatic carbocycles. The van der Waals surface area contributed by atoms with Crippen molar-refractivity contribution in [3.63, 3.8) is 0 Å². The average molecular weight is 581 g/mol. The zero-order valence-electron chi connectivity index (χ0n) is 24.6. The number of amides is 3. The fraction of sp³-hybridized carbons (Fsp3) is 0.281. The van der Waals surface area contributed by atoms with Gasteiger partial charge in [-0.1, -0.05) is 6.07 Å². The summed E-state index contributed by atoms with van der Waals surface area (Å²) in [5.41, 5.74) is 4.36. The summed E-state index contributed by atoms with van der Waals surface area (Å²) in [6.45, 7) is 3.41. The number of nitrogens with one attached hydrogen (secondary N) is 4. The summed E-state index contributed by atoms with van der Waals surface area (Å²) in [6.07, 6.45) is 1.45. The lowest BCUT2D eigenvalue weighted by molar-refractivity contribution is 0.0827. The zero-order chi connectivity index (χ0) is 30.3. The van der Waals surface area contributed by atoms with Gasteiger partial charge in [0.2, 0.25) is 0 Å². The number of carbonyl (C=O) groups is 2. The van der Waals surface area contributed by atoms with Gasteiger partial charge in [-0.3, -0.25) is 4.79 Å². The monoisotopic (exact) mass is 580 g/mol. The Bertz CT molecular complexity index is 1600. The first-order chi connectivity index (χ1) is 20.9. The van der Waals surface area contributed by atoms with Crippen LogP contribution in [0.3, 0.4) is 0 Å². The van der Waals surface area contributed by atoms with E-state index in [0.717, 1.165) is 40.9 Å². The van der Waals surface area contributed by atoms with Crippen LogP contribution in [0.25, 0.3) is 22.3 Å². The summed E-state index contributed by atoms with van der Waals surface area (Å²) in [4.78, 5) is 38.3. The quantitative estimate of drug-likeness (QED) is 0.215. The minimum Gasteiger partial charge on any atom is -0.378 e. The molecule has 4 aromatic rings. The van der Waals surface area contributed by atoms with E-state index in [2.05, 4.69) is 20.9 Å². The molecule has 0 saturated carbocycles. The first-order valence-corrected chi connectivity index (χ1v) is 14.2. The number of nitrogens with zero attached hydrogens (tertiary/aromatic N) is 4. The van der Waals surface area contributed by atoms with Crippen molar-refractivity contribution < 1.29 is 14.3 Å². The Morgan fingerprint density at radius 1 is 0.977 bits per heavy atom. The number of aromatic nitrogens is 2. The molecular formula is C32H36N8O3. The number of morpholine rings is 1. The highest BCUT2D eigenvalue weighted by atomic mass is 16.5. The molecule has 3 aromatic carbocycles. The molecular weight excluding hydrogens is 544 g/mol. The summed E-state index contributed by atoms with van der Waals surface area (Å²) in [5.74, 6) is 1.27. The van der Waals surface area contributed by atoms with Gasteiger partial charge in [0.1, 0.15) is 5.82 Å². The zero-order valence-corrected chi connectivity index (χ0v) is 24.6. The van der Waals surface area contributed by atoms with Gasteiger partial charge in [0.15, 0.2) is 5.82 Å². The fourth-order valence-electron chi connectivity index (χ4n) is 4.95. The third-order valence-electron chi connectivity index (χ3n) is 7.26. The van der Waals surface area contributed by atoms with Crippen LogP contribution in [0.1, 0.15) is 21.8 Å². The molecule has 1 atom stereocenters. The number of ether oxygens (including phenoxy) is 1. The normalized spacial score (nSPS) is 13.8. The number of rotatable bonds is 9.